The van der Waals surface area contributed by atoms with Crippen LogP contribution in [0.4, 0.5) is 0 Å². The molecule has 15 heavy (non-hydrogen) atoms. The van der Waals surface area contributed by atoms with Crippen LogP contribution in [0, 0.1) is 0 Å². The molecule has 0 radical (unpaired) electrons. The number of carbonyl (C=O) groups excluding carboxylic acids is 1. The zero-order valence-corrected chi connectivity index (χ0v) is 10.1. The van der Waals surface area contributed by atoms with Crippen molar-refractivity contribution in [3.63, 3.8) is 0 Å². The molecule has 84 valence electrons. The molecule has 0 aromatic heterocycles. The van der Waals surface area contributed by atoms with Gasteiger partial charge in [0.05, 0.1) is 19.6 Å². The van der Waals surface area contributed by atoms with E-state index in [0.29, 0.717) is 13.0 Å². The molecule has 4 nitrogen and oxygen atoms in total. The molecule has 2 aliphatic heterocycles. The predicted molar refractivity (Wildman–Crippen MR) is 63.2 cm³/mol. The Morgan fingerprint density at radius 1 is 1.73 bits per heavy atom. The Morgan fingerprint density at radius 2 is 2.53 bits per heavy atom. The molecule has 0 saturated heterocycles. The normalized spacial score (nSPS) is 17.8. The Kier molecular flexibility index (Phi) is 4.47. The first-order valence-electron chi connectivity index (χ1n) is 4.64. The summed E-state index contributed by atoms with van der Waals surface area (Å²) in [6, 6.07) is 0. The second-order valence-electron chi connectivity index (χ2n) is 3.02. The molecule has 2 heterocycles. The second-order valence-corrected chi connectivity index (χ2v) is 3.86. The summed E-state index contributed by atoms with van der Waals surface area (Å²) in [6.07, 6.45) is 0.361. The molecular formula is C9H13ClN2O2S. The van der Waals surface area contributed by atoms with Gasteiger partial charge in [0.15, 0.2) is 5.17 Å². The third-order valence-corrected chi connectivity index (χ3v) is 3.03. The summed E-state index contributed by atoms with van der Waals surface area (Å²) in [5.41, 5.74) is 1.02. The Labute approximate surface area is 99.2 Å². The highest BCUT2D eigenvalue weighted by atomic mass is 35.5. The lowest BCUT2D eigenvalue weighted by atomic mass is 10.3. The average Bonchev–Trinajstić information content (AvgIpc) is 2.70. The molecular weight excluding hydrogens is 236 g/mol. The molecule has 6 heteroatoms. The minimum absolute atomic E-state index is 0. The van der Waals surface area contributed by atoms with E-state index in [9.17, 15) is 4.79 Å². The van der Waals surface area contributed by atoms with Crippen molar-refractivity contribution in [1.82, 2.24) is 4.90 Å². The summed E-state index contributed by atoms with van der Waals surface area (Å²) in [5.74, 6) is -0.160. The Balaban J connectivity index is 0.00000112. The molecule has 0 saturated carbocycles. The third kappa shape index (κ3) is 2.66. The topological polar surface area (TPSA) is 41.9 Å². The van der Waals surface area contributed by atoms with Crippen molar-refractivity contribution in [2.75, 3.05) is 19.7 Å². The van der Waals surface area contributed by atoms with E-state index in [-0.39, 0.29) is 18.4 Å². The van der Waals surface area contributed by atoms with E-state index in [1.165, 1.54) is 0 Å². The van der Waals surface area contributed by atoms with Crippen LogP contribution < -0.4 is 0 Å². The highest BCUT2D eigenvalue weighted by Crippen LogP contribution is 2.30. The van der Waals surface area contributed by atoms with Gasteiger partial charge >= 0.3 is 5.97 Å². The lowest BCUT2D eigenvalue weighted by Crippen LogP contribution is -2.23. The molecule has 0 fully saturated rings. The number of esters is 1. The van der Waals surface area contributed by atoms with E-state index in [4.69, 9.17) is 4.74 Å². The van der Waals surface area contributed by atoms with Gasteiger partial charge in [0.25, 0.3) is 0 Å². The summed E-state index contributed by atoms with van der Waals surface area (Å²) in [4.78, 5) is 17.6. The predicted octanol–water partition coefficient (Wildman–Crippen LogP) is 1.62. The smallest absolute Gasteiger partial charge is 0.311 e. The van der Waals surface area contributed by atoms with E-state index in [1.807, 2.05) is 12.3 Å². The molecule has 0 atom stereocenters. The number of carbonyl (C=O) groups is 1. The van der Waals surface area contributed by atoms with E-state index < -0.39 is 0 Å². The number of aliphatic imine (C=N–C) groups is 1. The van der Waals surface area contributed by atoms with Gasteiger partial charge in [0, 0.05) is 12.2 Å². The van der Waals surface area contributed by atoms with Crippen LogP contribution in [-0.2, 0) is 9.53 Å². The van der Waals surface area contributed by atoms with Crippen LogP contribution in [0.1, 0.15) is 13.3 Å². The largest absolute Gasteiger partial charge is 0.466 e. The van der Waals surface area contributed by atoms with Crippen LogP contribution in [0.3, 0.4) is 0 Å². The fourth-order valence-electron chi connectivity index (χ4n) is 1.48. The summed E-state index contributed by atoms with van der Waals surface area (Å²) in [7, 11) is 0. The monoisotopic (exact) mass is 248 g/mol. The first-order valence-corrected chi connectivity index (χ1v) is 5.52. The molecule has 0 aliphatic carbocycles. The van der Waals surface area contributed by atoms with Gasteiger partial charge < -0.3 is 9.64 Å². The molecule has 0 aromatic carbocycles. The molecule has 0 spiro atoms. The Morgan fingerprint density at radius 3 is 3.27 bits per heavy atom. The maximum atomic E-state index is 11.2. The van der Waals surface area contributed by atoms with Crippen molar-refractivity contribution in [1.29, 1.82) is 0 Å². The van der Waals surface area contributed by atoms with E-state index in [0.717, 1.165) is 24.0 Å². The minimum atomic E-state index is -0.160. The lowest BCUT2D eigenvalue weighted by Gasteiger charge is -2.15. The van der Waals surface area contributed by atoms with E-state index in [1.54, 1.807) is 11.8 Å². The van der Waals surface area contributed by atoms with Crippen LogP contribution in [0.25, 0.3) is 0 Å². The number of hydrogen-bond donors (Lipinski definition) is 0. The zero-order valence-electron chi connectivity index (χ0n) is 8.43. The average molecular weight is 249 g/mol. The van der Waals surface area contributed by atoms with Gasteiger partial charge in [0.1, 0.15) is 0 Å². The van der Waals surface area contributed by atoms with Crippen LogP contribution >= 0.6 is 24.2 Å². The highest BCUT2D eigenvalue weighted by molar-refractivity contribution is 8.16. The number of hydrogen-bond acceptors (Lipinski definition) is 5. The van der Waals surface area contributed by atoms with Crippen molar-refractivity contribution in [3.8, 4) is 0 Å². The van der Waals surface area contributed by atoms with Crippen molar-refractivity contribution in [2.24, 2.45) is 4.99 Å². The fraction of sp³-hybridized carbons (Fsp3) is 0.556. The van der Waals surface area contributed by atoms with Crippen molar-refractivity contribution in [3.05, 3.63) is 11.1 Å². The first kappa shape index (κ1) is 12.4. The quantitative estimate of drug-likeness (QED) is 0.712. The zero-order chi connectivity index (χ0) is 9.97. The molecule has 2 aliphatic rings. The van der Waals surface area contributed by atoms with Gasteiger partial charge in [-0.05, 0) is 12.3 Å². The van der Waals surface area contributed by atoms with Crippen molar-refractivity contribution >= 4 is 35.3 Å². The van der Waals surface area contributed by atoms with Crippen molar-refractivity contribution in [2.45, 2.75) is 13.3 Å². The molecule has 0 bridgehead atoms. The summed E-state index contributed by atoms with van der Waals surface area (Å²) < 4.78 is 4.90. The number of rotatable bonds is 3. The number of ether oxygens (including phenoxy) is 1. The SMILES string of the molecule is CCOC(=O)CC1=CSC2=NCCN12.Cl. The van der Waals surface area contributed by atoms with Gasteiger partial charge in [-0.2, -0.15) is 0 Å². The van der Waals surface area contributed by atoms with E-state index in [2.05, 4.69) is 9.89 Å². The van der Waals surface area contributed by atoms with Crippen LogP contribution in [0.2, 0.25) is 0 Å². The highest BCUT2D eigenvalue weighted by Gasteiger charge is 2.27. The number of thioether (sulfide) groups is 1. The van der Waals surface area contributed by atoms with Gasteiger partial charge in [-0.25, -0.2) is 0 Å². The molecule has 0 amide bonds. The van der Waals surface area contributed by atoms with Gasteiger partial charge in [-0.15, -0.1) is 12.4 Å². The van der Waals surface area contributed by atoms with Crippen molar-refractivity contribution < 1.29 is 9.53 Å². The maximum absolute atomic E-state index is 11.2. The number of amidine groups is 1. The van der Waals surface area contributed by atoms with Crippen LogP contribution in [0.15, 0.2) is 16.1 Å². The van der Waals surface area contributed by atoms with E-state index >= 15 is 0 Å². The third-order valence-electron chi connectivity index (χ3n) is 2.08. The molecule has 2 rings (SSSR count). The first-order chi connectivity index (χ1) is 6.81. The standard InChI is InChI=1S/C9H12N2O2S.ClH/c1-2-13-8(12)5-7-6-14-9-10-3-4-11(7)9;/h6H,2-5H2,1H3;1H. The van der Waals surface area contributed by atoms with Gasteiger partial charge in [0.2, 0.25) is 0 Å². The van der Waals surface area contributed by atoms with Crippen LogP contribution in [0.5, 0.6) is 0 Å². The molecule has 0 unspecified atom stereocenters. The van der Waals surface area contributed by atoms with Gasteiger partial charge in [-0.1, -0.05) is 11.8 Å². The number of fused-ring (bicyclic) bond motifs is 1. The maximum Gasteiger partial charge on any atom is 0.311 e. The fourth-order valence-corrected chi connectivity index (χ4v) is 2.43. The second kappa shape index (κ2) is 5.42. The lowest BCUT2D eigenvalue weighted by molar-refractivity contribution is -0.142. The van der Waals surface area contributed by atoms with Gasteiger partial charge in [-0.3, -0.25) is 9.79 Å². The number of halogens is 1. The summed E-state index contributed by atoms with van der Waals surface area (Å²) in [5, 5.41) is 3.00. The Bertz CT molecular complexity index is 317. The summed E-state index contributed by atoms with van der Waals surface area (Å²) in [6.45, 7) is 3.99. The minimum Gasteiger partial charge on any atom is -0.466 e. The molecule has 0 aromatic rings. The van der Waals surface area contributed by atoms with Crippen LogP contribution in [-0.4, -0.2) is 35.7 Å². The molecule has 0 N–H and O–H groups in total. The number of nitrogens with zero attached hydrogens (tertiary/aromatic N) is 2. The summed E-state index contributed by atoms with van der Waals surface area (Å²) >= 11 is 1.59. The Hall–Kier alpha value is -0.680.